The first kappa shape index (κ1) is 29.8. The minimum absolute atomic E-state index is 0.0290. The zero-order chi connectivity index (χ0) is 29.4. The van der Waals surface area contributed by atoms with Crippen molar-refractivity contribution in [3.05, 3.63) is 41.0 Å². The number of aromatic nitrogens is 1. The Morgan fingerprint density at radius 1 is 1.18 bits per heavy atom. The van der Waals surface area contributed by atoms with Gasteiger partial charge in [0, 0.05) is 25.3 Å². The van der Waals surface area contributed by atoms with E-state index >= 15 is 0 Å². The van der Waals surface area contributed by atoms with Crippen LogP contribution in [-0.2, 0) is 19.2 Å². The van der Waals surface area contributed by atoms with Gasteiger partial charge in [0.2, 0.25) is 11.8 Å². The van der Waals surface area contributed by atoms with Gasteiger partial charge in [-0.05, 0) is 36.3 Å². The third-order valence-electron chi connectivity index (χ3n) is 7.80. The number of alkyl halides is 1. The van der Waals surface area contributed by atoms with Gasteiger partial charge < -0.3 is 20.4 Å². The van der Waals surface area contributed by atoms with E-state index in [2.05, 4.69) is 10.3 Å². The van der Waals surface area contributed by atoms with Crippen LogP contribution in [0.3, 0.4) is 0 Å². The number of aryl methyl sites for hydroxylation is 1. The Labute approximate surface area is 236 Å². The van der Waals surface area contributed by atoms with Crippen LogP contribution in [0.25, 0.3) is 10.4 Å². The third-order valence-corrected chi connectivity index (χ3v) is 8.78. The van der Waals surface area contributed by atoms with Crippen LogP contribution in [-0.4, -0.2) is 68.0 Å². The van der Waals surface area contributed by atoms with E-state index in [1.165, 1.54) is 16.2 Å². The van der Waals surface area contributed by atoms with Gasteiger partial charge >= 0.3 is 5.97 Å². The normalized spacial score (nSPS) is 21.5. The fourth-order valence-corrected chi connectivity index (χ4v) is 5.98. The molecule has 1 aliphatic carbocycles. The molecule has 0 spiro atoms. The number of β-amino-alcohol motifs (C(OH)–C–C–N with tert-alkyl or cyclic N) is 1. The number of carboxylic acids is 1. The molecule has 11 heteroatoms. The zero-order valence-electron chi connectivity index (χ0n) is 23.1. The van der Waals surface area contributed by atoms with E-state index in [4.69, 9.17) is 0 Å². The third kappa shape index (κ3) is 6.58. The van der Waals surface area contributed by atoms with Crippen LogP contribution >= 0.6 is 11.3 Å². The molecule has 216 valence electrons. The summed E-state index contributed by atoms with van der Waals surface area (Å²) in [6.07, 6.45) is -1.36. The molecule has 2 amide bonds. The van der Waals surface area contributed by atoms with Crippen LogP contribution in [0.4, 0.5) is 4.39 Å². The lowest BCUT2D eigenvalue weighted by Crippen LogP contribution is -2.51. The van der Waals surface area contributed by atoms with Gasteiger partial charge in [-0.25, -0.2) is 9.37 Å². The topological polar surface area (TPSA) is 137 Å². The standard InChI is InChI=1S/C29H36FN3O6S/c1-16-25(40-15-31-16)18-7-5-17(6-8-18)21(13-24(36)37)32-26(38)22-11-19(34)14-33(22)27(39)20(28(2,3)4)12-23(35)29(30)9-10-29/h5-8,15,19-22,34H,9-14H2,1-4H3,(H,32,38)(H,36,37)/t19-,20-,21+,22+/m1/s1. The van der Waals surface area contributed by atoms with Gasteiger partial charge in [0.1, 0.15) is 6.04 Å². The van der Waals surface area contributed by atoms with E-state index < -0.39 is 58.8 Å². The maximum atomic E-state index is 14.5. The van der Waals surface area contributed by atoms with Crippen molar-refractivity contribution in [1.82, 2.24) is 15.2 Å². The lowest BCUT2D eigenvalue weighted by Gasteiger charge is -2.35. The number of nitrogens with one attached hydrogen (secondary N) is 1. The first-order valence-corrected chi connectivity index (χ1v) is 14.3. The number of carboxylic acid groups (broad SMARTS) is 1. The molecule has 1 saturated carbocycles. The molecule has 4 rings (SSSR count). The summed E-state index contributed by atoms with van der Waals surface area (Å²) in [5.41, 5.74) is 1.56. The highest BCUT2D eigenvalue weighted by Gasteiger charge is 2.53. The molecule has 0 bridgehead atoms. The first-order chi connectivity index (χ1) is 18.7. The summed E-state index contributed by atoms with van der Waals surface area (Å²) in [6.45, 7) is 7.14. The molecule has 1 aromatic heterocycles. The maximum absolute atomic E-state index is 14.5. The molecule has 3 N–H and O–H groups in total. The van der Waals surface area contributed by atoms with Crippen LogP contribution in [0.5, 0.6) is 0 Å². The van der Waals surface area contributed by atoms with Crippen LogP contribution in [0.1, 0.15) is 70.2 Å². The van der Waals surface area contributed by atoms with Gasteiger partial charge in [-0.15, -0.1) is 11.3 Å². The smallest absolute Gasteiger partial charge is 0.305 e. The molecule has 9 nitrogen and oxygen atoms in total. The minimum atomic E-state index is -1.87. The summed E-state index contributed by atoms with van der Waals surface area (Å²) in [4.78, 5) is 57.9. The Hall–Kier alpha value is -3.18. The number of nitrogens with zero attached hydrogens (tertiary/aromatic N) is 2. The van der Waals surface area contributed by atoms with Crippen LogP contribution in [0, 0.1) is 18.3 Å². The number of halogens is 1. The molecule has 4 atom stereocenters. The quantitative estimate of drug-likeness (QED) is 0.393. The Bertz CT molecular complexity index is 1280. The molecule has 1 aliphatic heterocycles. The van der Waals surface area contributed by atoms with E-state index in [1.54, 1.807) is 38.4 Å². The largest absolute Gasteiger partial charge is 0.481 e. The summed E-state index contributed by atoms with van der Waals surface area (Å²) in [7, 11) is 0. The van der Waals surface area contributed by atoms with Crippen molar-refractivity contribution < 1.29 is 33.8 Å². The summed E-state index contributed by atoms with van der Waals surface area (Å²) in [5.74, 6) is -3.70. The van der Waals surface area contributed by atoms with Gasteiger partial charge in [-0.1, -0.05) is 45.0 Å². The first-order valence-electron chi connectivity index (χ1n) is 13.4. The van der Waals surface area contributed by atoms with Crippen molar-refractivity contribution >= 4 is 34.9 Å². The molecule has 2 aromatic rings. The van der Waals surface area contributed by atoms with Gasteiger partial charge in [0.05, 0.1) is 34.6 Å². The second-order valence-electron chi connectivity index (χ2n) is 12.0. The molecule has 2 fully saturated rings. The molecule has 40 heavy (non-hydrogen) atoms. The SMILES string of the molecule is Cc1ncsc1-c1ccc([C@H](CC(=O)O)NC(=O)[C@@H]2C[C@@H](O)CN2C(=O)[C@@H](CC(=O)C2(F)CC2)C(C)(C)C)cc1. The number of aliphatic hydroxyl groups excluding tert-OH is 1. The predicted molar refractivity (Wildman–Crippen MR) is 147 cm³/mol. The molecule has 1 aromatic carbocycles. The molecule has 2 heterocycles. The number of hydrogen-bond donors (Lipinski definition) is 3. The fourth-order valence-electron chi connectivity index (χ4n) is 5.17. The molecule has 0 unspecified atom stereocenters. The number of aliphatic hydroxyl groups is 1. The Morgan fingerprint density at radius 2 is 1.82 bits per heavy atom. The predicted octanol–water partition coefficient (Wildman–Crippen LogP) is 3.84. The summed E-state index contributed by atoms with van der Waals surface area (Å²) >= 11 is 1.49. The second-order valence-corrected chi connectivity index (χ2v) is 12.8. The van der Waals surface area contributed by atoms with Crippen molar-refractivity contribution in [3.8, 4) is 10.4 Å². The number of likely N-dealkylation sites (tertiary alicyclic amines) is 1. The number of thiazole rings is 1. The highest BCUT2D eigenvalue weighted by atomic mass is 32.1. The minimum Gasteiger partial charge on any atom is -0.481 e. The van der Waals surface area contributed by atoms with E-state index in [0.29, 0.717) is 5.56 Å². The van der Waals surface area contributed by atoms with Gasteiger partial charge in [-0.3, -0.25) is 19.2 Å². The number of amides is 2. The van der Waals surface area contributed by atoms with Crippen molar-refractivity contribution in [2.75, 3.05) is 6.54 Å². The second kappa shape index (κ2) is 11.4. The number of Topliss-reactive ketones (excluding diaryl/α,β-unsaturated/α-hetero) is 1. The average molecular weight is 574 g/mol. The van der Waals surface area contributed by atoms with Crippen molar-refractivity contribution in [1.29, 1.82) is 0 Å². The molecular formula is C29H36FN3O6S. The Balaban J connectivity index is 1.53. The molecular weight excluding hydrogens is 537 g/mol. The highest BCUT2D eigenvalue weighted by Crippen LogP contribution is 2.44. The lowest BCUT2D eigenvalue weighted by molar-refractivity contribution is -0.147. The fraction of sp³-hybridized carbons (Fsp3) is 0.552. The Kier molecular flexibility index (Phi) is 8.46. The maximum Gasteiger partial charge on any atom is 0.305 e. The van der Waals surface area contributed by atoms with E-state index in [1.807, 2.05) is 19.1 Å². The number of ketones is 1. The average Bonchev–Trinajstić information content (AvgIpc) is 3.28. The van der Waals surface area contributed by atoms with Crippen molar-refractivity contribution in [2.45, 2.75) is 83.7 Å². The molecule has 2 aliphatic rings. The van der Waals surface area contributed by atoms with Gasteiger partial charge in [0.15, 0.2) is 11.5 Å². The van der Waals surface area contributed by atoms with E-state index in [-0.39, 0.29) is 38.6 Å². The number of aliphatic carboxylic acids is 1. The van der Waals surface area contributed by atoms with Crippen molar-refractivity contribution in [3.63, 3.8) is 0 Å². The highest BCUT2D eigenvalue weighted by molar-refractivity contribution is 7.13. The number of carbonyl (C=O) groups is 4. The Morgan fingerprint density at radius 3 is 2.35 bits per heavy atom. The summed E-state index contributed by atoms with van der Waals surface area (Å²) in [6, 6.07) is 5.25. The molecule has 1 saturated heterocycles. The number of rotatable bonds is 10. The monoisotopic (exact) mass is 573 g/mol. The van der Waals surface area contributed by atoms with Crippen LogP contribution < -0.4 is 5.32 Å². The van der Waals surface area contributed by atoms with Gasteiger partial charge in [-0.2, -0.15) is 0 Å². The number of carbonyl (C=O) groups excluding carboxylic acids is 3. The lowest BCUT2D eigenvalue weighted by atomic mass is 9.76. The summed E-state index contributed by atoms with van der Waals surface area (Å²) in [5, 5.41) is 22.7. The van der Waals surface area contributed by atoms with Crippen LogP contribution in [0.2, 0.25) is 0 Å². The number of hydrogen-bond acceptors (Lipinski definition) is 7. The van der Waals surface area contributed by atoms with E-state index in [9.17, 15) is 33.8 Å². The summed E-state index contributed by atoms with van der Waals surface area (Å²) < 4.78 is 14.5. The van der Waals surface area contributed by atoms with Crippen LogP contribution in [0.15, 0.2) is 29.8 Å². The number of benzene rings is 1. The zero-order valence-corrected chi connectivity index (χ0v) is 24.0. The van der Waals surface area contributed by atoms with E-state index in [0.717, 1.165) is 16.1 Å². The van der Waals surface area contributed by atoms with Crippen molar-refractivity contribution in [2.24, 2.45) is 11.3 Å². The van der Waals surface area contributed by atoms with Gasteiger partial charge in [0.25, 0.3) is 0 Å². The molecule has 0 radical (unpaired) electrons.